The molecule has 0 unspecified atom stereocenters. The summed E-state index contributed by atoms with van der Waals surface area (Å²) >= 11 is 6.13. The normalized spacial score (nSPS) is 15.1. The molecule has 0 spiro atoms. The van der Waals surface area contributed by atoms with Gasteiger partial charge in [0.1, 0.15) is 0 Å². The van der Waals surface area contributed by atoms with Gasteiger partial charge in [-0.25, -0.2) is 8.42 Å². The fraction of sp³-hybridized carbons (Fsp3) is 0.238. The summed E-state index contributed by atoms with van der Waals surface area (Å²) < 4.78 is 32.6. The van der Waals surface area contributed by atoms with Gasteiger partial charge in [0.15, 0.2) is 0 Å². The molecule has 8 nitrogen and oxygen atoms in total. The Bertz CT molecular complexity index is 1300. The summed E-state index contributed by atoms with van der Waals surface area (Å²) in [7, 11) is -3.75. The zero-order valence-corrected chi connectivity index (χ0v) is 18.0. The van der Waals surface area contributed by atoms with Crippen LogP contribution in [-0.4, -0.2) is 49.9 Å². The molecule has 2 heterocycles. The van der Waals surface area contributed by atoms with Gasteiger partial charge in [-0.15, -0.1) is 0 Å². The summed E-state index contributed by atoms with van der Waals surface area (Å²) in [5.74, 6) is -0.503. The van der Waals surface area contributed by atoms with Crippen molar-refractivity contribution in [2.24, 2.45) is 0 Å². The maximum atomic E-state index is 13.0. The Kier molecular flexibility index (Phi) is 6.10. The van der Waals surface area contributed by atoms with Crippen LogP contribution >= 0.6 is 11.6 Å². The first-order valence-electron chi connectivity index (χ1n) is 9.63. The minimum absolute atomic E-state index is 0.0501. The van der Waals surface area contributed by atoms with Gasteiger partial charge in [0.05, 0.1) is 23.7 Å². The van der Waals surface area contributed by atoms with Crippen LogP contribution < -0.4 is 10.9 Å². The molecule has 1 aliphatic rings. The molecule has 1 amide bonds. The number of fused-ring (bicyclic) bond motifs is 1. The second-order valence-corrected chi connectivity index (χ2v) is 9.39. The number of sulfonamides is 1. The van der Waals surface area contributed by atoms with Crippen LogP contribution in [0.2, 0.25) is 5.02 Å². The highest BCUT2D eigenvalue weighted by molar-refractivity contribution is 7.89. The number of carbonyl (C=O) groups is 1. The summed E-state index contributed by atoms with van der Waals surface area (Å²) in [6.07, 6.45) is 0. The topological polar surface area (TPSA) is 109 Å². The standard InChI is InChI=1S/C21H20ClN3O5S/c22-18-4-2-1-3-14(18)13-23-21(27)17-12-20(26)24-19-6-5-15(11-16(17)19)31(28,29)25-7-9-30-10-8-25/h1-6,11-12H,7-10,13H2,(H,23,27)(H,24,26). The van der Waals surface area contributed by atoms with Crippen molar-refractivity contribution in [3.05, 3.63) is 75.0 Å². The Hall–Kier alpha value is -2.72. The van der Waals surface area contributed by atoms with Crippen LogP contribution in [0.25, 0.3) is 10.9 Å². The minimum atomic E-state index is -3.75. The van der Waals surface area contributed by atoms with Crippen molar-refractivity contribution in [3.8, 4) is 0 Å². The van der Waals surface area contributed by atoms with Crippen molar-refractivity contribution in [2.75, 3.05) is 26.3 Å². The third kappa shape index (κ3) is 4.49. The van der Waals surface area contributed by atoms with Crippen molar-refractivity contribution in [2.45, 2.75) is 11.4 Å². The van der Waals surface area contributed by atoms with E-state index < -0.39 is 21.5 Å². The van der Waals surface area contributed by atoms with Crippen LogP contribution in [0, 0.1) is 0 Å². The molecular weight excluding hydrogens is 442 g/mol. The molecule has 0 radical (unpaired) electrons. The third-order valence-electron chi connectivity index (χ3n) is 5.06. The van der Waals surface area contributed by atoms with E-state index in [2.05, 4.69) is 10.3 Å². The zero-order valence-electron chi connectivity index (χ0n) is 16.4. The molecule has 162 valence electrons. The summed E-state index contributed by atoms with van der Waals surface area (Å²) in [4.78, 5) is 27.6. The number of hydrogen-bond acceptors (Lipinski definition) is 5. The van der Waals surface area contributed by atoms with Crippen LogP contribution in [0.5, 0.6) is 0 Å². The Morgan fingerprint density at radius 2 is 1.87 bits per heavy atom. The van der Waals surface area contributed by atoms with Crippen LogP contribution in [0.1, 0.15) is 15.9 Å². The van der Waals surface area contributed by atoms with E-state index in [1.165, 1.54) is 22.5 Å². The molecule has 2 N–H and O–H groups in total. The number of nitrogens with one attached hydrogen (secondary N) is 2. The molecule has 1 saturated heterocycles. The second kappa shape index (κ2) is 8.80. The van der Waals surface area contributed by atoms with E-state index in [0.717, 1.165) is 11.6 Å². The quantitative estimate of drug-likeness (QED) is 0.605. The van der Waals surface area contributed by atoms with E-state index in [1.807, 2.05) is 0 Å². The van der Waals surface area contributed by atoms with Crippen LogP contribution in [0.3, 0.4) is 0 Å². The first kappa shape index (κ1) is 21.5. The van der Waals surface area contributed by atoms with Gasteiger partial charge in [-0.2, -0.15) is 4.31 Å². The first-order chi connectivity index (χ1) is 14.9. The molecule has 4 rings (SSSR count). The number of pyridine rings is 1. The maximum absolute atomic E-state index is 13.0. The Morgan fingerprint density at radius 1 is 1.13 bits per heavy atom. The van der Waals surface area contributed by atoms with E-state index in [1.54, 1.807) is 24.3 Å². The fourth-order valence-corrected chi connectivity index (χ4v) is 5.07. The number of aromatic nitrogens is 1. The van der Waals surface area contributed by atoms with E-state index in [0.29, 0.717) is 29.1 Å². The molecule has 2 aromatic carbocycles. The third-order valence-corrected chi connectivity index (χ3v) is 7.33. The van der Waals surface area contributed by atoms with E-state index in [4.69, 9.17) is 16.3 Å². The largest absolute Gasteiger partial charge is 0.379 e. The van der Waals surface area contributed by atoms with Crippen molar-refractivity contribution < 1.29 is 17.9 Å². The van der Waals surface area contributed by atoms with Crippen molar-refractivity contribution >= 4 is 38.4 Å². The molecule has 0 aliphatic carbocycles. The number of H-pyrrole nitrogens is 1. The maximum Gasteiger partial charge on any atom is 0.252 e. The van der Waals surface area contributed by atoms with Crippen LogP contribution in [0.4, 0.5) is 0 Å². The lowest BCUT2D eigenvalue weighted by atomic mass is 10.1. The molecule has 1 aromatic heterocycles. The number of morpholine rings is 1. The van der Waals surface area contributed by atoms with Gasteiger partial charge in [-0.1, -0.05) is 29.8 Å². The number of benzene rings is 2. The van der Waals surface area contributed by atoms with E-state index in [9.17, 15) is 18.0 Å². The second-order valence-electron chi connectivity index (χ2n) is 7.05. The fourth-order valence-electron chi connectivity index (χ4n) is 3.43. The summed E-state index contributed by atoms with van der Waals surface area (Å²) in [5, 5.41) is 3.59. The van der Waals surface area contributed by atoms with Gasteiger partial charge in [0.2, 0.25) is 15.6 Å². The van der Waals surface area contributed by atoms with Gasteiger partial charge >= 0.3 is 0 Å². The highest BCUT2D eigenvalue weighted by Gasteiger charge is 2.27. The highest BCUT2D eigenvalue weighted by atomic mass is 35.5. The Balaban J connectivity index is 1.69. The van der Waals surface area contributed by atoms with Crippen molar-refractivity contribution in [3.63, 3.8) is 0 Å². The molecule has 0 saturated carbocycles. The summed E-state index contributed by atoms with van der Waals surface area (Å²) in [6, 6.07) is 12.6. The van der Waals surface area contributed by atoms with E-state index >= 15 is 0 Å². The van der Waals surface area contributed by atoms with Crippen LogP contribution in [0.15, 0.2) is 58.2 Å². The molecule has 1 fully saturated rings. The monoisotopic (exact) mass is 461 g/mol. The van der Waals surface area contributed by atoms with Gasteiger partial charge in [0, 0.05) is 41.6 Å². The molecule has 10 heteroatoms. The van der Waals surface area contributed by atoms with Crippen LogP contribution in [-0.2, 0) is 21.3 Å². The van der Waals surface area contributed by atoms with E-state index in [-0.39, 0.29) is 30.1 Å². The summed E-state index contributed by atoms with van der Waals surface area (Å²) in [5.41, 5.74) is 0.725. The average molecular weight is 462 g/mol. The zero-order chi connectivity index (χ0) is 22.0. The molecule has 1 aliphatic heterocycles. The lowest BCUT2D eigenvalue weighted by Gasteiger charge is -2.26. The Labute approximate surface area is 183 Å². The number of amides is 1. The lowest BCUT2D eigenvalue weighted by molar-refractivity contribution is 0.0730. The number of aromatic amines is 1. The SMILES string of the molecule is O=C(NCc1ccccc1Cl)c1cc(=O)[nH]c2ccc(S(=O)(=O)N3CCOCC3)cc12. The number of rotatable bonds is 5. The lowest BCUT2D eigenvalue weighted by Crippen LogP contribution is -2.40. The highest BCUT2D eigenvalue weighted by Crippen LogP contribution is 2.24. The van der Waals surface area contributed by atoms with Gasteiger partial charge in [-0.05, 0) is 29.8 Å². The van der Waals surface area contributed by atoms with Gasteiger partial charge < -0.3 is 15.0 Å². The number of carbonyl (C=O) groups excluding carboxylic acids is 1. The van der Waals surface area contributed by atoms with Gasteiger partial charge in [0.25, 0.3) is 5.91 Å². The predicted molar refractivity (Wildman–Crippen MR) is 117 cm³/mol. The number of halogens is 1. The molecule has 3 aromatic rings. The predicted octanol–water partition coefficient (Wildman–Crippen LogP) is 2.13. The molecule has 31 heavy (non-hydrogen) atoms. The molecule has 0 bridgehead atoms. The number of hydrogen-bond donors (Lipinski definition) is 2. The smallest absolute Gasteiger partial charge is 0.252 e. The number of nitrogens with zero attached hydrogens (tertiary/aromatic N) is 1. The molecular formula is C21H20ClN3O5S. The molecule has 0 atom stereocenters. The van der Waals surface area contributed by atoms with Gasteiger partial charge in [-0.3, -0.25) is 9.59 Å². The van der Waals surface area contributed by atoms with Crippen molar-refractivity contribution in [1.29, 1.82) is 0 Å². The Morgan fingerprint density at radius 3 is 2.61 bits per heavy atom. The average Bonchev–Trinajstić information content (AvgIpc) is 2.78. The summed E-state index contributed by atoms with van der Waals surface area (Å²) in [6.45, 7) is 1.35. The number of ether oxygens (including phenoxy) is 1. The van der Waals surface area contributed by atoms with Crippen molar-refractivity contribution in [1.82, 2.24) is 14.6 Å². The first-order valence-corrected chi connectivity index (χ1v) is 11.4. The minimum Gasteiger partial charge on any atom is -0.379 e.